The molecule has 0 saturated carbocycles. The van der Waals surface area contributed by atoms with Crippen LogP contribution < -0.4 is 5.32 Å². The van der Waals surface area contributed by atoms with E-state index in [1.54, 1.807) is 0 Å². The molecule has 1 heterocycles. The van der Waals surface area contributed by atoms with Crippen molar-refractivity contribution in [3.05, 3.63) is 35.9 Å². The van der Waals surface area contributed by atoms with Gasteiger partial charge in [0.1, 0.15) is 0 Å². The molecule has 0 aliphatic carbocycles. The van der Waals surface area contributed by atoms with Crippen LogP contribution in [-0.2, 0) is 6.54 Å². The van der Waals surface area contributed by atoms with Gasteiger partial charge in [-0.15, -0.1) is 0 Å². The van der Waals surface area contributed by atoms with Crippen LogP contribution in [0.5, 0.6) is 0 Å². The summed E-state index contributed by atoms with van der Waals surface area (Å²) in [5.74, 6) is 0. The van der Waals surface area contributed by atoms with E-state index in [-0.39, 0.29) is 0 Å². The Bertz CT molecular complexity index is 310. The summed E-state index contributed by atoms with van der Waals surface area (Å²) in [5, 5.41) is 3.57. The summed E-state index contributed by atoms with van der Waals surface area (Å²) in [6.45, 7) is 7.90. The molecule has 0 spiro atoms. The van der Waals surface area contributed by atoms with Crippen molar-refractivity contribution in [3.8, 4) is 0 Å². The quantitative estimate of drug-likeness (QED) is 0.834. The number of nitrogens with zero attached hydrogens (tertiary/aromatic N) is 1. The van der Waals surface area contributed by atoms with Crippen molar-refractivity contribution in [1.29, 1.82) is 0 Å². The molecule has 16 heavy (non-hydrogen) atoms. The van der Waals surface area contributed by atoms with Crippen molar-refractivity contribution in [2.45, 2.75) is 38.9 Å². The normalized spacial score (nSPS) is 26.1. The topological polar surface area (TPSA) is 15.3 Å². The minimum atomic E-state index is 0.653. The van der Waals surface area contributed by atoms with Crippen molar-refractivity contribution in [2.75, 3.05) is 13.1 Å². The van der Waals surface area contributed by atoms with E-state index in [9.17, 15) is 0 Å². The monoisotopic (exact) mass is 218 g/mol. The smallest absolute Gasteiger partial charge is 0.0237 e. The van der Waals surface area contributed by atoms with Gasteiger partial charge in [0.25, 0.3) is 0 Å². The van der Waals surface area contributed by atoms with Gasteiger partial charge in [-0.2, -0.15) is 0 Å². The Morgan fingerprint density at radius 3 is 2.75 bits per heavy atom. The van der Waals surface area contributed by atoms with E-state index in [4.69, 9.17) is 0 Å². The third-order valence-electron chi connectivity index (χ3n) is 3.58. The lowest BCUT2D eigenvalue weighted by Crippen LogP contribution is -2.40. The summed E-state index contributed by atoms with van der Waals surface area (Å²) in [6.07, 6.45) is 1.28. The molecule has 2 atom stereocenters. The number of likely N-dealkylation sites (N-methyl/N-ethyl adjacent to an activating group) is 1. The van der Waals surface area contributed by atoms with E-state index in [0.29, 0.717) is 12.1 Å². The van der Waals surface area contributed by atoms with Crippen molar-refractivity contribution in [2.24, 2.45) is 0 Å². The summed E-state index contributed by atoms with van der Waals surface area (Å²) in [4.78, 5) is 2.57. The highest BCUT2D eigenvalue weighted by Gasteiger charge is 2.29. The van der Waals surface area contributed by atoms with Crippen LogP contribution in [0.2, 0.25) is 0 Å². The second-order valence-electron chi connectivity index (χ2n) is 4.65. The van der Waals surface area contributed by atoms with Crippen LogP contribution in [0.25, 0.3) is 0 Å². The predicted molar refractivity (Wildman–Crippen MR) is 68.4 cm³/mol. The predicted octanol–water partition coefficient (Wildman–Crippen LogP) is 2.26. The zero-order valence-corrected chi connectivity index (χ0v) is 10.3. The van der Waals surface area contributed by atoms with E-state index in [1.165, 1.54) is 18.5 Å². The van der Waals surface area contributed by atoms with Gasteiger partial charge in [0.15, 0.2) is 0 Å². The third kappa shape index (κ3) is 2.63. The fourth-order valence-electron chi connectivity index (χ4n) is 2.58. The third-order valence-corrected chi connectivity index (χ3v) is 3.58. The van der Waals surface area contributed by atoms with E-state index >= 15 is 0 Å². The molecule has 0 amide bonds. The van der Waals surface area contributed by atoms with Gasteiger partial charge in [-0.1, -0.05) is 37.3 Å². The maximum Gasteiger partial charge on any atom is 0.0237 e. The van der Waals surface area contributed by atoms with Gasteiger partial charge in [0.05, 0.1) is 0 Å². The van der Waals surface area contributed by atoms with Crippen molar-refractivity contribution >= 4 is 0 Å². The molecule has 2 nitrogen and oxygen atoms in total. The number of benzene rings is 1. The van der Waals surface area contributed by atoms with Gasteiger partial charge in [-0.25, -0.2) is 0 Å². The van der Waals surface area contributed by atoms with Crippen LogP contribution >= 0.6 is 0 Å². The van der Waals surface area contributed by atoms with Gasteiger partial charge in [-0.3, -0.25) is 4.90 Å². The van der Waals surface area contributed by atoms with Crippen LogP contribution in [0.3, 0.4) is 0 Å². The molecule has 2 unspecified atom stereocenters. The average Bonchev–Trinajstić information content (AvgIpc) is 2.64. The van der Waals surface area contributed by atoms with Crippen molar-refractivity contribution in [3.63, 3.8) is 0 Å². The molecule has 88 valence electrons. The maximum atomic E-state index is 3.57. The maximum absolute atomic E-state index is 3.57. The minimum Gasteiger partial charge on any atom is -0.313 e. The number of likely N-dealkylation sites (tertiary alicyclic amines) is 1. The number of nitrogens with one attached hydrogen (secondary N) is 1. The molecule has 2 heteroatoms. The van der Waals surface area contributed by atoms with Gasteiger partial charge in [-0.05, 0) is 25.5 Å². The van der Waals surface area contributed by atoms with Gasteiger partial charge >= 0.3 is 0 Å². The first-order chi connectivity index (χ1) is 7.81. The lowest BCUT2D eigenvalue weighted by Gasteiger charge is -2.25. The van der Waals surface area contributed by atoms with E-state index in [2.05, 4.69) is 54.4 Å². The van der Waals surface area contributed by atoms with Crippen LogP contribution in [0.15, 0.2) is 30.3 Å². The Balaban J connectivity index is 1.92. The van der Waals surface area contributed by atoms with Crippen LogP contribution in [0.4, 0.5) is 0 Å². The molecule has 2 rings (SSSR count). The van der Waals surface area contributed by atoms with Gasteiger partial charge in [0, 0.05) is 25.2 Å². The Hall–Kier alpha value is -0.860. The summed E-state index contributed by atoms with van der Waals surface area (Å²) in [6, 6.07) is 12.1. The minimum absolute atomic E-state index is 0.653. The van der Waals surface area contributed by atoms with E-state index < -0.39 is 0 Å². The highest BCUT2D eigenvalue weighted by molar-refractivity contribution is 5.15. The van der Waals surface area contributed by atoms with Crippen molar-refractivity contribution < 1.29 is 0 Å². The fourth-order valence-corrected chi connectivity index (χ4v) is 2.58. The molecule has 1 fully saturated rings. The first kappa shape index (κ1) is 11.6. The first-order valence-electron chi connectivity index (χ1n) is 6.32. The largest absolute Gasteiger partial charge is 0.313 e. The SMILES string of the molecule is CCNC1CCN(Cc2ccccc2)C1C. The lowest BCUT2D eigenvalue weighted by molar-refractivity contribution is 0.242. The first-order valence-corrected chi connectivity index (χ1v) is 6.32. The molecule has 1 aliphatic rings. The highest BCUT2D eigenvalue weighted by atomic mass is 15.2. The van der Waals surface area contributed by atoms with E-state index in [0.717, 1.165) is 13.1 Å². The van der Waals surface area contributed by atoms with Gasteiger partial charge < -0.3 is 5.32 Å². The molecule has 0 aromatic heterocycles. The Labute approximate surface area is 98.7 Å². The molecule has 1 aromatic rings. The lowest BCUT2D eigenvalue weighted by atomic mass is 10.1. The molecule has 1 N–H and O–H groups in total. The standard InChI is InChI=1S/C14H22N2/c1-3-15-14-9-10-16(12(14)2)11-13-7-5-4-6-8-13/h4-8,12,14-15H,3,9-11H2,1-2H3. The molecular formula is C14H22N2. The second kappa shape index (κ2) is 5.46. The fraction of sp³-hybridized carbons (Fsp3) is 0.571. The summed E-state index contributed by atoms with van der Waals surface area (Å²) in [5.41, 5.74) is 1.42. The highest BCUT2D eigenvalue weighted by Crippen LogP contribution is 2.20. The van der Waals surface area contributed by atoms with E-state index in [1.807, 2.05) is 0 Å². The Morgan fingerprint density at radius 1 is 1.31 bits per heavy atom. The molecule has 0 bridgehead atoms. The molecular weight excluding hydrogens is 196 g/mol. The zero-order chi connectivity index (χ0) is 11.4. The number of hydrogen-bond donors (Lipinski definition) is 1. The Kier molecular flexibility index (Phi) is 3.97. The van der Waals surface area contributed by atoms with Gasteiger partial charge in [0.2, 0.25) is 0 Å². The van der Waals surface area contributed by atoms with Crippen molar-refractivity contribution in [1.82, 2.24) is 10.2 Å². The average molecular weight is 218 g/mol. The molecule has 1 aromatic carbocycles. The summed E-state index contributed by atoms with van der Waals surface area (Å²) < 4.78 is 0. The molecule has 1 saturated heterocycles. The zero-order valence-electron chi connectivity index (χ0n) is 10.3. The Morgan fingerprint density at radius 2 is 2.06 bits per heavy atom. The summed E-state index contributed by atoms with van der Waals surface area (Å²) >= 11 is 0. The molecule has 0 radical (unpaired) electrons. The molecule has 1 aliphatic heterocycles. The van der Waals surface area contributed by atoms with Crippen LogP contribution in [0, 0.1) is 0 Å². The van der Waals surface area contributed by atoms with Crippen LogP contribution in [0.1, 0.15) is 25.8 Å². The number of hydrogen-bond acceptors (Lipinski definition) is 2. The summed E-state index contributed by atoms with van der Waals surface area (Å²) in [7, 11) is 0. The van der Waals surface area contributed by atoms with Crippen LogP contribution in [-0.4, -0.2) is 30.1 Å². The second-order valence-corrected chi connectivity index (χ2v) is 4.65. The number of rotatable bonds is 4.